The van der Waals surface area contributed by atoms with Crippen LogP contribution < -0.4 is 11.1 Å². The molecule has 0 aliphatic carbocycles. The third-order valence-electron chi connectivity index (χ3n) is 0.406. The molecule has 0 atom stereocenters. The lowest BCUT2D eigenvalue weighted by Gasteiger charge is -1.92. The highest BCUT2D eigenvalue weighted by Crippen LogP contribution is 1.58. The van der Waals surface area contributed by atoms with Crippen LogP contribution in [0.5, 0.6) is 0 Å². The highest BCUT2D eigenvalue weighted by molar-refractivity contribution is 5.93. The molecule has 0 aromatic carbocycles. The second kappa shape index (κ2) is 7.57. The maximum Gasteiger partial charge on any atom is 0.318 e. The summed E-state index contributed by atoms with van der Waals surface area (Å²) in [4.78, 5) is 27.7. The van der Waals surface area contributed by atoms with Gasteiger partial charge in [-0.15, -0.1) is 0 Å². The minimum atomic E-state index is -0.955. The van der Waals surface area contributed by atoms with E-state index in [4.69, 9.17) is 9.90 Å². The van der Waals surface area contributed by atoms with Crippen LogP contribution in [0, 0.1) is 0 Å². The molecule has 6 nitrogen and oxygen atoms in total. The summed E-state index contributed by atoms with van der Waals surface area (Å²) in [5, 5.41) is 9.61. The van der Waals surface area contributed by atoms with E-state index in [0.29, 0.717) is 0 Å². The number of primary amides is 1. The van der Waals surface area contributed by atoms with Gasteiger partial charge in [0.05, 0.1) is 0 Å². The first-order valence-corrected chi connectivity index (χ1v) is 2.16. The van der Waals surface area contributed by atoms with Crippen LogP contribution in [0.3, 0.4) is 0 Å². The summed E-state index contributed by atoms with van der Waals surface area (Å²) in [5.41, 5.74) is 4.49. The summed E-state index contributed by atoms with van der Waals surface area (Å²) < 4.78 is 0. The molecule has 0 radical (unpaired) electrons. The Hall–Kier alpha value is -1.43. The molecule has 0 aromatic rings. The lowest BCUT2D eigenvalue weighted by atomic mass is 10.6. The fourth-order valence-electron chi connectivity index (χ4n) is 0.177. The summed E-state index contributed by atoms with van der Waals surface area (Å²) in [6, 6.07) is -0.955. The predicted molar refractivity (Wildman–Crippen MR) is 31.9 cm³/mol. The van der Waals surface area contributed by atoms with Gasteiger partial charge in [0, 0.05) is 0 Å². The fourth-order valence-corrected chi connectivity index (χ4v) is 0.177. The standard InChI is InChI=1S/C3H6N2O3.CH2O/c4-3(8)5-2(7)1-6;1-2/h6H,1H2,(H3,4,5,7,8);1H2. The Bertz CT molecular complexity index is 124. The number of aliphatic hydroxyl groups excluding tert-OH is 1. The third-order valence-corrected chi connectivity index (χ3v) is 0.406. The molecule has 0 rings (SSSR count). The molecule has 10 heavy (non-hydrogen) atoms. The van der Waals surface area contributed by atoms with Crippen molar-refractivity contribution < 1.29 is 19.5 Å². The van der Waals surface area contributed by atoms with Crippen molar-refractivity contribution in [2.24, 2.45) is 5.73 Å². The summed E-state index contributed by atoms with van der Waals surface area (Å²) in [7, 11) is 0. The highest BCUT2D eigenvalue weighted by Gasteiger charge is 1.98. The second-order valence-corrected chi connectivity index (χ2v) is 1.07. The van der Waals surface area contributed by atoms with Crippen molar-refractivity contribution in [2.75, 3.05) is 6.61 Å². The molecule has 0 aliphatic heterocycles. The second-order valence-electron chi connectivity index (χ2n) is 1.07. The van der Waals surface area contributed by atoms with Crippen LogP contribution in [-0.4, -0.2) is 30.4 Å². The van der Waals surface area contributed by atoms with Crippen molar-refractivity contribution >= 4 is 18.7 Å². The van der Waals surface area contributed by atoms with Crippen molar-refractivity contribution in [1.82, 2.24) is 5.32 Å². The van der Waals surface area contributed by atoms with Gasteiger partial charge in [0.15, 0.2) is 0 Å². The van der Waals surface area contributed by atoms with E-state index in [2.05, 4.69) is 5.73 Å². The van der Waals surface area contributed by atoms with Gasteiger partial charge >= 0.3 is 6.03 Å². The van der Waals surface area contributed by atoms with Crippen LogP contribution in [0.1, 0.15) is 0 Å². The molecule has 0 aromatic heterocycles. The number of aliphatic hydroxyl groups is 1. The number of amides is 3. The number of hydrogen-bond acceptors (Lipinski definition) is 4. The van der Waals surface area contributed by atoms with E-state index < -0.39 is 18.5 Å². The Labute approximate surface area is 57.0 Å². The number of nitrogens with one attached hydrogen (secondary N) is 1. The fraction of sp³-hybridized carbons (Fsp3) is 0.250. The van der Waals surface area contributed by atoms with Gasteiger partial charge in [-0.05, 0) is 0 Å². The lowest BCUT2D eigenvalue weighted by Crippen LogP contribution is -2.36. The molecule has 0 saturated carbocycles. The van der Waals surface area contributed by atoms with Gasteiger partial charge in [-0.3, -0.25) is 10.1 Å². The normalized spacial score (nSPS) is 6.90. The lowest BCUT2D eigenvalue weighted by molar-refractivity contribution is -0.122. The molecule has 4 N–H and O–H groups in total. The molecule has 0 bridgehead atoms. The predicted octanol–water partition coefficient (Wildman–Crippen LogP) is -2.01. The zero-order valence-corrected chi connectivity index (χ0v) is 5.16. The monoisotopic (exact) mass is 148 g/mol. The molecule has 3 amide bonds. The third kappa shape index (κ3) is 9.76. The number of imide groups is 1. The van der Waals surface area contributed by atoms with Crippen LogP contribution in [-0.2, 0) is 9.59 Å². The van der Waals surface area contributed by atoms with E-state index in [0.717, 1.165) is 0 Å². The zero-order valence-electron chi connectivity index (χ0n) is 5.16. The van der Waals surface area contributed by atoms with E-state index >= 15 is 0 Å². The van der Waals surface area contributed by atoms with E-state index in [9.17, 15) is 9.59 Å². The zero-order chi connectivity index (χ0) is 8.57. The van der Waals surface area contributed by atoms with Gasteiger partial charge < -0.3 is 15.6 Å². The van der Waals surface area contributed by atoms with Gasteiger partial charge in [-0.1, -0.05) is 0 Å². The topological polar surface area (TPSA) is 109 Å². The van der Waals surface area contributed by atoms with Crippen LogP contribution >= 0.6 is 0 Å². The smallest absolute Gasteiger partial charge is 0.318 e. The quantitative estimate of drug-likeness (QED) is 0.399. The molecule has 0 heterocycles. The molecule has 0 saturated heterocycles. The average molecular weight is 148 g/mol. The first kappa shape index (κ1) is 11.4. The van der Waals surface area contributed by atoms with Crippen molar-refractivity contribution in [2.45, 2.75) is 0 Å². The van der Waals surface area contributed by atoms with E-state index in [1.807, 2.05) is 6.79 Å². The van der Waals surface area contributed by atoms with E-state index in [1.54, 1.807) is 5.32 Å². The maximum atomic E-state index is 9.96. The number of hydrogen-bond donors (Lipinski definition) is 3. The van der Waals surface area contributed by atoms with Crippen molar-refractivity contribution in [1.29, 1.82) is 0 Å². The SMILES string of the molecule is C=O.NC(=O)NC(=O)CO. The minimum Gasteiger partial charge on any atom is -0.387 e. The molecule has 58 valence electrons. The molecule has 0 aliphatic rings. The molecule has 0 unspecified atom stereocenters. The Morgan fingerprint density at radius 1 is 1.50 bits per heavy atom. The van der Waals surface area contributed by atoms with Gasteiger partial charge in [0.1, 0.15) is 13.4 Å². The maximum absolute atomic E-state index is 9.96. The van der Waals surface area contributed by atoms with E-state index in [-0.39, 0.29) is 0 Å². The summed E-state index contributed by atoms with van der Waals surface area (Å²) in [6.07, 6.45) is 0. The van der Waals surface area contributed by atoms with E-state index in [1.165, 1.54) is 0 Å². The number of urea groups is 1. The van der Waals surface area contributed by atoms with Crippen LogP contribution in [0.15, 0.2) is 0 Å². The molecule has 6 heteroatoms. The Kier molecular flexibility index (Phi) is 8.61. The number of carbonyl (C=O) groups is 3. The summed E-state index contributed by atoms with van der Waals surface area (Å²) in [6.45, 7) is 1.28. The Morgan fingerprint density at radius 3 is 2.00 bits per heavy atom. The highest BCUT2D eigenvalue weighted by atomic mass is 16.3. The van der Waals surface area contributed by atoms with Gasteiger partial charge in [-0.25, -0.2) is 4.79 Å². The summed E-state index contributed by atoms with van der Waals surface area (Å²) in [5.74, 6) is -0.794. The number of rotatable bonds is 1. The average Bonchev–Trinajstić information content (AvgIpc) is 1.91. The van der Waals surface area contributed by atoms with Gasteiger partial charge in [-0.2, -0.15) is 0 Å². The first-order chi connectivity index (χ1) is 4.66. The number of carbonyl (C=O) groups excluding carboxylic acids is 3. The molecule has 0 spiro atoms. The summed E-state index contributed by atoms with van der Waals surface area (Å²) >= 11 is 0. The van der Waals surface area contributed by atoms with Crippen LogP contribution in [0.2, 0.25) is 0 Å². The molecule has 0 fully saturated rings. The van der Waals surface area contributed by atoms with Crippen molar-refractivity contribution in [3.05, 3.63) is 0 Å². The Morgan fingerprint density at radius 2 is 1.90 bits per heavy atom. The van der Waals surface area contributed by atoms with Crippen molar-refractivity contribution in [3.8, 4) is 0 Å². The van der Waals surface area contributed by atoms with Crippen LogP contribution in [0.4, 0.5) is 4.79 Å². The molecular formula is C4H8N2O4. The largest absolute Gasteiger partial charge is 0.387 e. The van der Waals surface area contributed by atoms with Crippen LogP contribution in [0.25, 0.3) is 0 Å². The molecular weight excluding hydrogens is 140 g/mol. The van der Waals surface area contributed by atoms with Gasteiger partial charge in [0.25, 0.3) is 5.91 Å². The Balaban J connectivity index is 0. The number of nitrogens with two attached hydrogens (primary N) is 1. The first-order valence-electron chi connectivity index (χ1n) is 2.16. The van der Waals surface area contributed by atoms with Crippen molar-refractivity contribution in [3.63, 3.8) is 0 Å². The minimum absolute atomic E-state index is 0.719. The van der Waals surface area contributed by atoms with Gasteiger partial charge in [0.2, 0.25) is 0 Å².